The molecule has 0 spiro atoms. The Morgan fingerprint density at radius 3 is 3.10 bits per heavy atom. The second kappa shape index (κ2) is 6.19. The smallest absolute Gasteiger partial charge is 0.234 e. The van der Waals surface area contributed by atoms with E-state index in [2.05, 4.69) is 15.3 Å². The zero-order valence-electron chi connectivity index (χ0n) is 10.7. The Morgan fingerprint density at radius 2 is 2.24 bits per heavy atom. The summed E-state index contributed by atoms with van der Waals surface area (Å²) in [4.78, 5) is 21.1. The maximum Gasteiger partial charge on any atom is 0.234 e. The molecular weight excluding hydrogens is 309 g/mol. The highest BCUT2D eigenvalue weighted by molar-refractivity contribution is 8.00. The summed E-state index contributed by atoms with van der Waals surface area (Å²) in [5, 5.41) is 6.32. The molecule has 2 heterocycles. The minimum absolute atomic E-state index is 0.201. The zero-order valence-corrected chi connectivity index (χ0v) is 12.4. The van der Waals surface area contributed by atoms with Crippen LogP contribution in [0.4, 0.5) is 10.1 Å². The summed E-state index contributed by atoms with van der Waals surface area (Å²) < 4.78 is 13.0. The van der Waals surface area contributed by atoms with E-state index in [1.54, 1.807) is 12.1 Å². The number of aromatic nitrogens is 2. The Hall–Kier alpha value is -1.99. The molecule has 0 aliphatic carbocycles. The van der Waals surface area contributed by atoms with Gasteiger partial charge < -0.3 is 5.32 Å². The molecule has 3 aromatic rings. The number of nitrogens with one attached hydrogen (secondary N) is 1. The molecule has 1 amide bonds. The highest BCUT2D eigenvalue weighted by Crippen LogP contribution is 2.27. The van der Waals surface area contributed by atoms with Crippen LogP contribution in [0, 0.1) is 5.82 Å². The van der Waals surface area contributed by atoms with Crippen LogP contribution in [0.25, 0.3) is 10.2 Å². The zero-order chi connectivity index (χ0) is 14.7. The second-order valence-corrected chi connectivity index (χ2v) is 6.02. The quantitative estimate of drug-likeness (QED) is 0.590. The van der Waals surface area contributed by atoms with Gasteiger partial charge >= 0.3 is 0 Å². The topological polar surface area (TPSA) is 54.9 Å². The van der Waals surface area contributed by atoms with Crippen LogP contribution in [0.1, 0.15) is 0 Å². The molecule has 21 heavy (non-hydrogen) atoms. The predicted octanol–water partition coefficient (Wildman–Crippen LogP) is 3.56. The molecule has 0 fully saturated rings. The van der Waals surface area contributed by atoms with Gasteiger partial charge in [0.2, 0.25) is 5.91 Å². The van der Waals surface area contributed by atoms with Crippen LogP contribution >= 0.6 is 23.1 Å². The van der Waals surface area contributed by atoms with E-state index in [1.807, 2.05) is 11.4 Å². The predicted molar refractivity (Wildman–Crippen MR) is 83.2 cm³/mol. The standard InChI is InChI=1S/C14H10FN3OS2/c15-9-2-1-3-10(6-9)18-12(19)7-21-14-11-4-5-20-13(11)16-8-17-14/h1-6,8H,7H2,(H,18,19). The van der Waals surface area contributed by atoms with Gasteiger partial charge in [-0.05, 0) is 29.6 Å². The van der Waals surface area contributed by atoms with Gasteiger partial charge in [-0.25, -0.2) is 14.4 Å². The van der Waals surface area contributed by atoms with Gasteiger partial charge in [0.1, 0.15) is 22.0 Å². The number of hydrogen-bond donors (Lipinski definition) is 1. The van der Waals surface area contributed by atoms with Gasteiger partial charge in [-0.2, -0.15) is 0 Å². The molecule has 1 N–H and O–H groups in total. The summed E-state index contributed by atoms with van der Waals surface area (Å²) in [6, 6.07) is 7.75. The average Bonchev–Trinajstić information content (AvgIpc) is 2.94. The Balaban J connectivity index is 1.65. The number of thioether (sulfide) groups is 1. The number of anilines is 1. The van der Waals surface area contributed by atoms with Crippen LogP contribution in [0.2, 0.25) is 0 Å². The van der Waals surface area contributed by atoms with E-state index >= 15 is 0 Å². The lowest BCUT2D eigenvalue weighted by Gasteiger charge is -2.05. The van der Waals surface area contributed by atoms with E-state index in [-0.39, 0.29) is 17.5 Å². The third-order valence-electron chi connectivity index (χ3n) is 2.67. The van der Waals surface area contributed by atoms with Crippen molar-refractivity contribution in [3.63, 3.8) is 0 Å². The van der Waals surface area contributed by atoms with Crippen LogP contribution < -0.4 is 5.32 Å². The van der Waals surface area contributed by atoms with Crippen LogP contribution in [-0.4, -0.2) is 21.6 Å². The molecule has 1 aromatic carbocycles. The van der Waals surface area contributed by atoms with Crippen molar-refractivity contribution in [1.29, 1.82) is 0 Å². The molecule has 0 saturated carbocycles. The van der Waals surface area contributed by atoms with Crippen molar-refractivity contribution >= 4 is 44.9 Å². The molecule has 0 aliphatic heterocycles. The number of carbonyl (C=O) groups is 1. The summed E-state index contributed by atoms with van der Waals surface area (Å²) >= 11 is 2.87. The number of hydrogen-bond acceptors (Lipinski definition) is 5. The molecule has 0 aliphatic rings. The minimum Gasteiger partial charge on any atom is -0.325 e. The first-order valence-corrected chi connectivity index (χ1v) is 7.95. The monoisotopic (exact) mass is 319 g/mol. The number of benzene rings is 1. The lowest BCUT2D eigenvalue weighted by atomic mass is 10.3. The molecule has 0 unspecified atom stereocenters. The Morgan fingerprint density at radius 1 is 1.33 bits per heavy atom. The third-order valence-corrected chi connectivity index (χ3v) is 4.50. The van der Waals surface area contributed by atoms with Gasteiger partial charge in [0.15, 0.2) is 0 Å². The third kappa shape index (κ3) is 3.37. The molecule has 0 atom stereocenters. The van der Waals surface area contributed by atoms with Crippen molar-refractivity contribution < 1.29 is 9.18 Å². The van der Waals surface area contributed by atoms with Crippen molar-refractivity contribution in [2.45, 2.75) is 5.03 Å². The van der Waals surface area contributed by atoms with Gasteiger partial charge in [0.25, 0.3) is 0 Å². The first-order chi connectivity index (χ1) is 10.2. The SMILES string of the molecule is O=C(CSc1ncnc2sccc12)Nc1cccc(F)c1. The number of amides is 1. The van der Waals surface area contributed by atoms with E-state index in [0.717, 1.165) is 15.2 Å². The number of thiophene rings is 1. The molecule has 106 valence electrons. The summed E-state index contributed by atoms with van der Waals surface area (Å²) in [6.07, 6.45) is 1.49. The molecule has 0 radical (unpaired) electrons. The molecule has 3 rings (SSSR count). The minimum atomic E-state index is -0.378. The summed E-state index contributed by atoms with van der Waals surface area (Å²) in [6.45, 7) is 0. The number of rotatable bonds is 4. The van der Waals surface area contributed by atoms with E-state index in [0.29, 0.717) is 5.69 Å². The van der Waals surface area contributed by atoms with Crippen LogP contribution in [-0.2, 0) is 4.79 Å². The highest BCUT2D eigenvalue weighted by Gasteiger charge is 2.09. The van der Waals surface area contributed by atoms with E-state index in [1.165, 1.54) is 41.6 Å². The number of halogens is 1. The van der Waals surface area contributed by atoms with Crippen LogP contribution in [0.15, 0.2) is 47.1 Å². The van der Waals surface area contributed by atoms with Gasteiger partial charge in [0.05, 0.1) is 5.75 Å². The largest absolute Gasteiger partial charge is 0.325 e. The maximum absolute atomic E-state index is 13.0. The van der Waals surface area contributed by atoms with Crippen LogP contribution in [0.3, 0.4) is 0 Å². The van der Waals surface area contributed by atoms with Crippen molar-refractivity contribution in [3.8, 4) is 0 Å². The highest BCUT2D eigenvalue weighted by atomic mass is 32.2. The summed E-state index contributed by atoms with van der Waals surface area (Å²) in [5.74, 6) is -0.373. The van der Waals surface area contributed by atoms with Crippen molar-refractivity contribution in [3.05, 3.63) is 47.9 Å². The Kier molecular flexibility index (Phi) is 4.12. The normalized spacial score (nSPS) is 10.7. The molecule has 0 bridgehead atoms. The Bertz CT molecular complexity index is 790. The second-order valence-electron chi connectivity index (χ2n) is 4.17. The molecule has 0 saturated heterocycles. The average molecular weight is 319 g/mol. The van der Waals surface area contributed by atoms with Gasteiger partial charge in [-0.15, -0.1) is 11.3 Å². The van der Waals surface area contributed by atoms with Crippen molar-refractivity contribution in [1.82, 2.24) is 9.97 Å². The molecule has 2 aromatic heterocycles. The molecule has 4 nitrogen and oxygen atoms in total. The Labute approximate surface area is 128 Å². The summed E-state index contributed by atoms with van der Waals surface area (Å²) in [7, 11) is 0. The van der Waals surface area contributed by atoms with E-state index in [4.69, 9.17) is 0 Å². The van der Waals surface area contributed by atoms with E-state index < -0.39 is 0 Å². The summed E-state index contributed by atoms with van der Waals surface area (Å²) in [5.41, 5.74) is 0.448. The maximum atomic E-state index is 13.0. The van der Waals surface area contributed by atoms with Gasteiger partial charge in [0, 0.05) is 11.1 Å². The molecular formula is C14H10FN3OS2. The number of carbonyl (C=O) groups excluding carboxylic acids is 1. The first kappa shape index (κ1) is 14.0. The van der Waals surface area contributed by atoms with Gasteiger partial charge in [-0.3, -0.25) is 4.79 Å². The van der Waals surface area contributed by atoms with Crippen LogP contribution in [0.5, 0.6) is 0 Å². The van der Waals surface area contributed by atoms with Crippen molar-refractivity contribution in [2.75, 3.05) is 11.1 Å². The fraction of sp³-hybridized carbons (Fsp3) is 0.0714. The fourth-order valence-electron chi connectivity index (χ4n) is 1.78. The lowest BCUT2D eigenvalue weighted by Crippen LogP contribution is -2.14. The molecule has 7 heteroatoms. The number of fused-ring (bicyclic) bond motifs is 1. The first-order valence-electron chi connectivity index (χ1n) is 6.09. The fourth-order valence-corrected chi connectivity index (χ4v) is 3.36. The number of nitrogens with zero attached hydrogens (tertiary/aromatic N) is 2. The van der Waals surface area contributed by atoms with Crippen molar-refractivity contribution in [2.24, 2.45) is 0 Å². The van der Waals surface area contributed by atoms with Gasteiger partial charge in [-0.1, -0.05) is 17.8 Å². The van der Waals surface area contributed by atoms with E-state index in [9.17, 15) is 9.18 Å². The lowest BCUT2D eigenvalue weighted by molar-refractivity contribution is -0.113.